The smallest absolute Gasteiger partial charge is 0.256 e. The minimum atomic E-state index is -0.712. The van der Waals surface area contributed by atoms with Crippen molar-refractivity contribution in [3.05, 3.63) is 29.6 Å². The van der Waals surface area contributed by atoms with E-state index >= 15 is 0 Å². The Morgan fingerprint density at radius 3 is 2.86 bits per heavy atom. The zero-order chi connectivity index (χ0) is 10.6. The van der Waals surface area contributed by atoms with Crippen molar-refractivity contribution < 1.29 is 13.9 Å². The van der Waals surface area contributed by atoms with Crippen LogP contribution >= 0.6 is 11.6 Å². The predicted octanol–water partition coefficient (Wildman–Crippen LogP) is 2.99. The van der Waals surface area contributed by atoms with Crippen molar-refractivity contribution >= 4 is 16.8 Å². The molecule has 0 aliphatic heterocycles. The Bertz CT molecular complexity index is 339. The molecular weight excluding hydrogens is 207 g/mol. The number of carbonyl (C=O) groups is 1. The lowest BCUT2D eigenvalue weighted by Crippen LogP contribution is -2.01. The summed E-state index contributed by atoms with van der Waals surface area (Å²) < 4.78 is 18.0. The van der Waals surface area contributed by atoms with E-state index in [-0.39, 0.29) is 5.56 Å². The zero-order valence-corrected chi connectivity index (χ0v) is 8.47. The number of hydrogen-bond acceptors (Lipinski definition) is 2. The SMILES string of the molecule is CCCOc1ccc(F)cc1C(=O)Cl. The first kappa shape index (κ1) is 11.0. The quantitative estimate of drug-likeness (QED) is 0.724. The van der Waals surface area contributed by atoms with Gasteiger partial charge in [0.05, 0.1) is 12.2 Å². The van der Waals surface area contributed by atoms with Gasteiger partial charge in [-0.25, -0.2) is 4.39 Å². The highest BCUT2D eigenvalue weighted by Crippen LogP contribution is 2.21. The average Bonchev–Trinajstić information content (AvgIpc) is 2.15. The summed E-state index contributed by atoms with van der Waals surface area (Å²) in [6.45, 7) is 2.41. The molecule has 14 heavy (non-hydrogen) atoms. The maximum absolute atomic E-state index is 12.8. The Hall–Kier alpha value is -1.09. The van der Waals surface area contributed by atoms with Gasteiger partial charge in [-0.1, -0.05) is 6.92 Å². The normalized spacial score (nSPS) is 9.93. The van der Waals surface area contributed by atoms with Gasteiger partial charge in [0.2, 0.25) is 0 Å². The van der Waals surface area contributed by atoms with Crippen molar-refractivity contribution in [1.29, 1.82) is 0 Å². The van der Waals surface area contributed by atoms with Crippen molar-refractivity contribution in [2.24, 2.45) is 0 Å². The Morgan fingerprint density at radius 1 is 1.57 bits per heavy atom. The molecule has 0 aromatic heterocycles. The van der Waals surface area contributed by atoms with Crippen LogP contribution in [0.25, 0.3) is 0 Å². The largest absolute Gasteiger partial charge is 0.493 e. The fraction of sp³-hybridized carbons (Fsp3) is 0.300. The first-order chi connectivity index (χ1) is 6.65. The molecule has 0 N–H and O–H groups in total. The molecule has 0 fully saturated rings. The van der Waals surface area contributed by atoms with Gasteiger partial charge in [-0.05, 0) is 36.2 Å². The minimum absolute atomic E-state index is 0.0696. The van der Waals surface area contributed by atoms with Crippen molar-refractivity contribution in [2.75, 3.05) is 6.61 Å². The number of ether oxygens (including phenoxy) is 1. The van der Waals surface area contributed by atoms with E-state index in [0.29, 0.717) is 12.4 Å². The van der Waals surface area contributed by atoms with Crippen LogP contribution in [0.5, 0.6) is 5.75 Å². The third-order valence-corrected chi connectivity index (χ3v) is 1.82. The summed E-state index contributed by atoms with van der Waals surface area (Å²) in [6, 6.07) is 3.70. The second kappa shape index (κ2) is 4.96. The summed E-state index contributed by atoms with van der Waals surface area (Å²) >= 11 is 5.27. The number of rotatable bonds is 4. The number of carbonyl (C=O) groups excluding carboxylic acids is 1. The fourth-order valence-electron chi connectivity index (χ4n) is 0.994. The highest BCUT2D eigenvalue weighted by Gasteiger charge is 2.11. The lowest BCUT2D eigenvalue weighted by Gasteiger charge is -2.07. The maximum atomic E-state index is 12.8. The highest BCUT2D eigenvalue weighted by atomic mass is 35.5. The van der Waals surface area contributed by atoms with Crippen LogP contribution in [0, 0.1) is 5.82 Å². The van der Waals surface area contributed by atoms with Crippen molar-refractivity contribution in [3.8, 4) is 5.75 Å². The number of halogens is 2. The lowest BCUT2D eigenvalue weighted by molar-refractivity contribution is 0.107. The minimum Gasteiger partial charge on any atom is -0.493 e. The number of benzene rings is 1. The zero-order valence-electron chi connectivity index (χ0n) is 7.72. The average molecular weight is 217 g/mol. The van der Waals surface area contributed by atoms with Crippen LogP contribution in [0.1, 0.15) is 23.7 Å². The Balaban J connectivity index is 2.96. The van der Waals surface area contributed by atoms with Crippen molar-refractivity contribution in [1.82, 2.24) is 0 Å². The van der Waals surface area contributed by atoms with E-state index in [0.717, 1.165) is 12.5 Å². The molecule has 0 spiro atoms. The summed E-state index contributed by atoms with van der Waals surface area (Å²) in [5, 5.41) is -0.712. The van der Waals surface area contributed by atoms with Gasteiger partial charge in [0.25, 0.3) is 5.24 Å². The lowest BCUT2D eigenvalue weighted by atomic mass is 10.2. The first-order valence-corrected chi connectivity index (χ1v) is 4.65. The van der Waals surface area contributed by atoms with E-state index in [9.17, 15) is 9.18 Å². The summed E-state index contributed by atoms with van der Waals surface area (Å²) in [4.78, 5) is 10.9. The van der Waals surface area contributed by atoms with Crippen LogP contribution in [-0.4, -0.2) is 11.8 Å². The van der Waals surface area contributed by atoms with Gasteiger partial charge >= 0.3 is 0 Å². The molecule has 2 nitrogen and oxygen atoms in total. The van der Waals surface area contributed by atoms with Crippen LogP contribution < -0.4 is 4.74 Å². The van der Waals surface area contributed by atoms with Gasteiger partial charge in [0.15, 0.2) is 0 Å². The molecule has 0 unspecified atom stereocenters. The van der Waals surface area contributed by atoms with Crippen LogP contribution in [-0.2, 0) is 0 Å². The second-order valence-electron chi connectivity index (χ2n) is 2.76. The van der Waals surface area contributed by atoms with E-state index in [2.05, 4.69) is 0 Å². The molecular formula is C10H10ClFO2. The predicted molar refractivity (Wildman–Crippen MR) is 52.4 cm³/mol. The molecule has 0 aliphatic carbocycles. The topological polar surface area (TPSA) is 26.3 Å². The van der Waals surface area contributed by atoms with Crippen molar-refractivity contribution in [3.63, 3.8) is 0 Å². The molecule has 0 bridgehead atoms. The summed E-state index contributed by atoms with van der Waals surface area (Å²) in [7, 11) is 0. The third-order valence-electron chi connectivity index (χ3n) is 1.62. The van der Waals surface area contributed by atoms with Gasteiger partial charge in [0.1, 0.15) is 11.6 Å². The number of hydrogen-bond donors (Lipinski definition) is 0. The molecule has 4 heteroatoms. The van der Waals surface area contributed by atoms with E-state index < -0.39 is 11.1 Å². The van der Waals surface area contributed by atoms with E-state index in [1.54, 1.807) is 0 Å². The van der Waals surface area contributed by atoms with E-state index in [1.807, 2.05) is 6.92 Å². The fourth-order valence-corrected chi connectivity index (χ4v) is 1.14. The maximum Gasteiger partial charge on any atom is 0.256 e. The molecule has 76 valence electrons. The molecule has 0 saturated carbocycles. The van der Waals surface area contributed by atoms with Gasteiger partial charge in [0, 0.05) is 0 Å². The molecule has 0 radical (unpaired) electrons. The van der Waals surface area contributed by atoms with Gasteiger partial charge in [-0.15, -0.1) is 0 Å². The first-order valence-electron chi connectivity index (χ1n) is 4.27. The highest BCUT2D eigenvalue weighted by molar-refractivity contribution is 6.68. The van der Waals surface area contributed by atoms with Crippen molar-refractivity contribution in [2.45, 2.75) is 13.3 Å². The third kappa shape index (κ3) is 2.70. The molecule has 0 saturated heterocycles. The molecule has 0 aliphatic rings. The summed E-state index contributed by atoms with van der Waals surface area (Å²) in [5.74, 6) is -0.175. The van der Waals surface area contributed by atoms with Crippen LogP contribution in [0.15, 0.2) is 18.2 Å². The monoisotopic (exact) mass is 216 g/mol. The Labute approximate surface area is 86.6 Å². The Kier molecular flexibility index (Phi) is 3.89. The summed E-state index contributed by atoms with van der Waals surface area (Å²) in [6.07, 6.45) is 0.813. The van der Waals surface area contributed by atoms with Gasteiger partial charge in [-0.3, -0.25) is 4.79 Å². The van der Waals surface area contributed by atoms with Crippen LogP contribution in [0.4, 0.5) is 4.39 Å². The summed E-state index contributed by atoms with van der Waals surface area (Å²) in [5.41, 5.74) is 0.0696. The molecule has 0 amide bonds. The van der Waals surface area contributed by atoms with Crippen LogP contribution in [0.2, 0.25) is 0 Å². The Morgan fingerprint density at radius 2 is 2.29 bits per heavy atom. The van der Waals surface area contributed by atoms with Gasteiger partial charge < -0.3 is 4.74 Å². The second-order valence-corrected chi connectivity index (χ2v) is 3.11. The molecule has 1 aromatic carbocycles. The standard InChI is InChI=1S/C10H10ClFO2/c1-2-5-14-9-4-3-7(12)6-8(9)10(11)13/h3-4,6H,2,5H2,1H3. The van der Waals surface area contributed by atoms with E-state index in [1.165, 1.54) is 12.1 Å². The van der Waals surface area contributed by atoms with Crippen LogP contribution in [0.3, 0.4) is 0 Å². The molecule has 1 aromatic rings. The molecule has 0 atom stereocenters. The molecule has 1 rings (SSSR count). The van der Waals surface area contributed by atoms with Gasteiger partial charge in [-0.2, -0.15) is 0 Å². The van der Waals surface area contributed by atoms with E-state index in [4.69, 9.17) is 16.3 Å². The molecule has 0 heterocycles.